The zero-order valence-electron chi connectivity index (χ0n) is 10.3. The summed E-state index contributed by atoms with van der Waals surface area (Å²) in [6.07, 6.45) is 0. The lowest BCUT2D eigenvalue weighted by Crippen LogP contribution is -2.04. The second-order valence-electron chi connectivity index (χ2n) is 4.41. The van der Waals surface area contributed by atoms with Gasteiger partial charge in [0.05, 0.1) is 12.2 Å². The number of benzene rings is 1. The standard InChI is InChI=1S/C13H14N4S/c1-9-11-12(16(2)15-9)17(13(18)14-11)8-10-6-4-3-5-7-10/h3-7H,8H2,1-2H3,(H,14,18). The predicted molar refractivity (Wildman–Crippen MR) is 74.2 cm³/mol. The first kappa shape index (κ1) is 11.2. The number of nitrogens with one attached hydrogen (secondary N) is 1. The van der Waals surface area contributed by atoms with Crippen molar-refractivity contribution < 1.29 is 0 Å². The van der Waals surface area contributed by atoms with Gasteiger partial charge < -0.3 is 4.98 Å². The Kier molecular flexibility index (Phi) is 2.56. The van der Waals surface area contributed by atoms with Crippen molar-refractivity contribution >= 4 is 23.4 Å². The zero-order chi connectivity index (χ0) is 12.7. The molecule has 0 aliphatic rings. The van der Waals surface area contributed by atoms with Gasteiger partial charge in [-0.2, -0.15) is 5.10 Å². The van der Waals surface area contributed by atoms with E-state index in [4.69, 9.17) is 12.2 Å². The quantitative estimate of drug-likeness (QED) is 0.718. The van der Waals surface area contributed by atoms with Crippen LogP contribution in [0.25, 0.3) is 11.2 Å². The van der Waals surface area contributed by atoms with Crippen LogP contribution in [0.1, 0.15) is 11.3 Å². The van der Waals surface area contributed by atoms with Crippen LogP contribution in [0.3, 0.4) is 0 Å². The molecule has 0 unspecified atom stereocenters. The van der Waals surface area contributed by atoms with E-state index in [0.29, 0.717) is 0 Å². The first-order valence-electron chi connectivity index (χ1n) is 5.83. The molecule has 0 fully saturated rings. The van der Waals surface area contributed by atoms with Gasteiger partial charge in [-0.05, 0) is 24.7 Å². The number of hydrogen-bond donors (Lipinski definition) is 1. The van der Waals surface area contributed by atoms with Crippen molar-refractivity contribution in [1.29, 1.82) is 0 Å². The molecule has 0 atom stereocenters. The van der Waals surface area contributed by atoms with Crippen LogP contribution in [-0.2, 0) is 13.6 Å². The van der Waals surface area contributed by atoms with Gasteiger partial charge in [0.25, 0.3) is 0 Å². The molecule has 0 saturated carbocycles. The van der Waals surface area contributed by atoms with Gasteiger partial charge in [0, 0.05) is 7.05 Å². The highest BCUT2D eigenvalue weighted by Crippen LogP contribution is 2.18. The van der Waals surface area contributed by atoms with E-state index in [9.17, 15) is 0 Å². The average Bonchev–Trinajstić information content (AvgIpc) is 2.81. The highest BCUT2D eigenvalue weighted by atomic mass is 32.1. The lowest BCUT2D eigenvalue weighted by molar-refractivity contribution is 0.715. The van der Waals surface area contributed by atoms with Crippen LogP contribution in [-0.4, -0.2) is 19.3 Å². The molecule has 5 heteroatoms. The van der Waals surface area contributed by atoms with E-state index in [-0.39, 0.29) is 0 Å². The van der Waals surface area contributed by atoms with E-state index in [1.807, 2.05) is 36.9 Å². The minimum Gasteiger partial charge on any atom is -0.328 e. The van der Waals surface area contributed by atoms with Gasteiger partial charge in [-0.1, -0.05) is 30.3 Å². The summed E-state index contributed by atoms with van der Waals surface area (Å²) in [7, 11) is 1.94. The van der Waals surface area contributed by atoms with Crippen LogP contribution in [0, 0.1) is 11.7 Å². The van der Waals surface area contributed by atoms with Crippen LogP contribution >= 0.6 is 12.2 Å². The SMILES string of the molecule is Cc1nn(C)c2c1[nH]c(=S)n2Cc1ccccc1. The van der Waals surface area contributed by atoms with Gasteiger partial charge in [-0.3, -0.25) is 9.25 Å². The number of aryl methyl sites for hydroxylation is 2. The van der Waals surface area contributed by atoms with Crippen LogP contribution in [0.15, 0.2) is 30.3 Å². The monoisotopic (exact) mass is 258 g/mol. The second-order valence-corrected chi connectivity index (χ2v) is 4.80. The van der Waals surface area contributed by atoms with Crippen molar-refractivity contribution in [2.24, 2.45) is 7.05 Å². The van der Waals surface area contributed by atoms with E-state index in [2.05, 4.69) is 26.8 Å². The van der Waals surface area contributed by atoms with Gasteiger partial charge >= 0.3 is 0 Å². The van der Waals surface area contributed by atoms with E-state index >= 15 is 0 Å². The summed E-state index contributed by atoms with van der Waals surface area (Å²) in [4.78, 5) is 3.23. The summed E-state index contributed by atoms with van der Waals surface area (Å²) in [5.41, 5.74) is 4.28. The Hall–Kier alpha value is -1.88. The summed E-state index contributed by atoms with van der Waals surface area (Å²) in [6, 6.07) is 10.3. The Labute approximate surface area is 110 Å². The van der Waals surface area contributed by atoms with Crippen LogP contribution < -0.4 is 0 Å². The molecule has 0 bridgehead atoms. The van der Waals surface area contributed by atoms with E-state index < -0.39 is 0 Å². The maximum atomic E-state index is 5.39. The van der Waals surface area contributed by atoms with Crippen molar-refractivity contribution in [2.75, 3.05) is 0 Å². The van der Waals surface area contributed by atoms with Gasteiger partial charge in [0.1, 0.15) is 5.52 Å². The number of imidazole rings is 1. The zero-order valence-corrected chi connectivity index (χ0v) is 11.2. The first-order valence-corrected chi connectivity index (χ1v) is 6.23. The largest absolute Gasteiger partial charge is 0.328 e. The van der Waals surface area contributed by atoms with Gasteiger partial charge in [0.15, 0.2) is 10.4 Å². The van der Waals surface area contributed by atoms with Gasteiger partial charge in [-0.25, -0.2) is 0 Å². The molecule has 3 aromatic rings. The number of hydrogen-bond acceptors (Lipinski definition) is 2. The highest BCUT2D eigenvalue weighted by Gasteiger charge is 2.12. The number of fused-ring (bicyclic) bond motifs is 1. The molecule has 1 aromatic carbocycles. The normalized spacial score (nSPS) is 11.2. The number of nitrogens with zero attached hydrogens (tertiary/aromatic N) is 3. The highest BCUT2D eigenvalue weighted by molar-refractivity contribution is 7.71. The molecule has 92 valence electrons. The number of rotatable bonds is 2. The lowest BCUT2D eigenvalue weighted by Gasteiger charge is -2.04. The Balaban J connectivity index is 2.17. The first-order chi connectivity index (χ1) is 8.66. The summed E-state index contributed by atoms with van der Waals surface area (Å²) < 4.78 is 4.70. The second kappa shape index (κ2) is 4.10. The fraction of sp³-hybridized carbons (Fsp3) is 0.231. The third-order valence-corrected chi connectivity index (χ3v) is 3.43. The lowest BCUT2D eigenvalue weighted by atomic mass is 10.2. The van der Waals surface area contributed by atoms with Gasteiger partial charge in [0.2, 0.25) is 0 Å². The molecule has 3 rings (SSSR count). The predicted octanol–water partition coefficient (Wildman–Crippen LogP) is 2.79. The minimum absolute atomic E-state index is 0.741. The summed E-state index contributed by atoms with van der Waals surface area (Å²) in [6.45, 7) is 2.75. The van der Waals surface area contributed by atoms with Crippen molar-refractivity contribution in [2.45, 2.75) is 13.5 Å². The fourth-order valence-electron chi connectivity index (χ4n) is 2.29. The van der Waals surface area contributed by atoms with E-state index in [1.165, 1.54) is 5.56 Å². The molecule has 2 heterocycles. The number of aromatic amines is 1. The smallest absolute Gasteiger partial charge is 0.179 e. The maximum Gasteiger partial charge on any atom is 0.179 e. The van der Waals surface area contributed by atoms with Crippen molar-refractivity contribution in [3.05, 3.63) is 46.4 Å². The third kappa shape index (κ3) is 1.67. The third-order valence-electron chi connectivity index (χ3n) is 3.11. The molecular formula is C13H14N4S. The van der Waals surface area contributed by atoms with Crippen molar-refractivity contribution in [3.8, 4) is 0 Å². The minimum atomic E-state index is 0.741. The molecule has 1 N–H and O–H groups in total. The molecule has 0 radical (unpaired) electrons. The Morgan fingerprint density at radius 3 is 2.72 bits per heavy atom. The van der Waals surface area contributed by atoms with Crippen molar-refractivity contribution in [1.82, 2.24) is 19.3 Å². The molecule has 0 spiro atoms. The Morgan fingerprint density at radius 1 is 1.28 bits per heavy atom. The molecule has 0 saturated heterocycles. The van der Waals surface area contributed by atoms with Gasteiger partial charge in [-0.15, -0.1) is 0 Å². The molecular weight excluding hydrogens is 244 g/mol. The number of H-pyrrole nitrogens is 1. The molecule has 0 aliphatic heterocycles. The fourth-order valence-corrected chi connectivity index (χ4v) is 2.54. The Morgan fingerprint density at radius 2 is 2.00 bits per heavy atom. The van der Waals surface area contributed by atoms with Crippen LogP contribution in [0.4, 0.5) is 0 Å². The topological polar surface area (TPSA) is 38.5 Å². The summed E-state index contributed by atoms with van der Waals surface area (Å²) in [5.74, 6) is 0. The van der Waals surface area contributed by atoms with Crippen LogP contribution in [0.5, 0.6) is 0 Å². The molecule has 0 amide bonds. The molecule has 0 aliphatic carbocycles. The molecule has 4 nitrogen and oxygen atoms in total. The average molecular weight is 258 g/mol. The van der Waals surface area contributed by atoms with E-state index in [1.54, 1.807) is 0 Å². The van der Waals surface area contributed by atoms with Crippen LogP contribution in [0.2, 0.25) is 0 Å². The number of aromatic nitrogens is 4. The van der Waals surface area contributed by atoms with Crippen molar-refractivity contribution in [3.63, 3.8) is 0 Å². The summed E-state index contributed by atoms with van der Waals surface area (Å²) in [5, 5.41) is 4.41. The maximum absolute atomic E-state index is 5.39. The van der Waals surface area contributed by atoms with E-state index in [0.717, 1.165) is 28.2 Å². The Bertz CT molecular complexity index is 748. The molecule has 2 aromatic heterocycles. The molecule has 18 heavy (non-hydrogen) atoms. The summed E-state index contributed by atoms with van der Waals surface area (Å²) >= 11 is 5.39.